The Morgan fingerprint density at radius 2 is 1.71 bits per heavy atom. The number of thiazole rings is 1. The first kappa shape index (κ1) is 20.8. The average molecular weight is 455 g/mol. The molecule has 0 amide bonds. The second-order valence-electron chi connectivity index (χ2n) is 6.85. The van der Waals surface area contributed by atoms with Crippen molar-refractivity contribution < 1.29 is 8.42 Å². The van der Waals surface area contributed by atoms with Gasteiger partial charge >= 0.3 is 5.56 Å². The summed E-state index contributed by atoms with van der Waals surface area (Å²) in [5.74, 6) is 0. The monoisotopic (exact) mass is 454 g/mol. The number of sulfonamides is 1. The molecule has 2 aromatic carbocycles. The Bertz CT molecular complexity index is 1430. The van der Waals surface area contributed by atoms with Gasteiger partial charge in [0.1, 0.15) is 0 Å². The second kappa shape index (κ2) is 8.02. The zero-order valence-electron chi connectivity index (χ0n) is 16.6. The van der Waals surface area contributed by atoms with Crippen LogP contribution in [0, 0.1) is 13.8 Å². The van der Waals surface area contributed by atoms with Crippen LogP contribution in [0.5, 0.6) is 0 Å². The van der Waals surface area contributed by atoms with Gasteiger partial charge in [0.2, 0.25) is 15.2 Å². The van der Waals surface area contributed by atoms with E-state index in [2.05, 4.69) is 20.3 Å². The van der Waals surface area contributed by atoms with Crippen LogP contribution < -0.4 is 10.7 Å². The summed E-state index contributed by atoms with van der Waals surface area (Å²) in [7, 11) is -3.78. The number of nitrogens with two attached hydrogens (primary N) is 1. The number of benzene rings is 2. The summed E-state index contributed by atoms with van der Waals surface area (Å²) in [4.78, 5) is 17.4. The molecule has 0 radical (unpaired) electrons. The standard InChI is InChI=1S/C20H18N6O3S2/c1-12-3-5-14(6-4-12)17-11-30-20(22-17)26-19(27)18(13(2)25-26)24-23-15-7-9-16(10-8-15)31(21,28)29/h3-11,25H,1-2H3,(H2,21,28,29). The number of nitrogens with one attached hydrogen (secondary N) is 1. The lowest BCUT2D eigenvalue weighted by molar-refractivity contribution is 0.598. The Morgan fingerprint density at radius 3 is 2.35 bits per heavy atom. The molecule has 0 fully saturated rings. The Labute approximate surface area is 182 Å². The van der Waals surface area contributed by atoms with Gasteiger partial charge in [-0.25, -0.2) is 18.5 Å². The number of primary sulfonamides is 1. The summed E-state index contributed by atoms with van der Waals surface area (Å²) >= 11 is 1.34. The number of azo groups is 1. The van der Waals surface area contributed by atoms with E-state index in [1.54, 1.807) is 6.92 Å². The largest absolute Gasteiger partial charge is 0.301 e. The lowest BCUT2D eigenvalue weighted by atomic mass is 10.1. The molecule has 2 heterocycles. The number of aromatic amines is 1. The molecule has 3 N–H and O–H groups in total. The molecule has 0 saturated carbocycles. The van der Waals surface area contributed by atoms with E-state index in [1.807, 2.05) is 36.6 Å². The molecule has 11 heteroatoms. The van der Waals surface area contributed by atoms with Crippen LogP contribution in [-0.4, -0.2) is 23.2 Å². The van der Waals surface area contributed by atoms with Crippen LogP contribution in [0.2, 0.25) is 0 Å². The molecular formula is C20H18N6O3S2. The van der Waals surface area contributed by atoms with Crippen LogP contribution in [0.25, 0.3) is 16.4 Å². The molecule has 0 atom stereocenters. The van der Waals surface area contributed by atoms with Gasteiger partial charge in [-0.05, 0) is 38.1 Å². The fraction of sp³-hybridized carbons (Fsp3) is 0.100. The number of nitrogens with zero attached hydrogens (tertiary/aromatic N) is 4. The highest BCUT2D eigenvalue weighted by molar-refractivity contribution is 7.89. The molecular weight excluding hydrogens is 436 g/mol. The topological polar surface area (TPSA) is 136 Å². The molecule has 0 aliphatic carbocycles. The number of aromatic nitrogens is 3. The molecule has 0 aliphatic heterocycles. The first-order chi connectivity index (χ1) is 14.7. The number of hydrogen-bond donors (Lipinski definition) is 2. The maximum absolute atomic E-state index is 12.8. The predicted molar refractivity (Wildman–Crippen MR) is 119 cm³/mol. The minimum Gasteiger partial charge on any atom is -0.291 e. The van der Waals surface area contributed by atoms with Gasteiger partial charge in [0.25, 0.3) is 0 Å². The van der Waals surface area contributed by atoms with E-state index in [0.717, 1.165) is 16.8 Å². The van der Waals surface area contributed by atoms with E-state index in [9.17, 15) is 13.2 Å². The second-order valence-corrected chi connectivity index (χ2v) is 9.24. The highest BCUT2D eigenvalue weighted by Gasteiger charge is 2.15. The van der Waals surface area contributed by atoms with Crippen LogP contribution in [0.15, 0.2) is 73.8 Å². The highest BCUT2D eigenvalue weighted by atomic mass is 32.2. The molecule has 2 aromatic heterocycles. The van der Waals surface area contributed by atoms with E-state index < -0.39 is 10.0 Å². The van der Waals surface area contributed by atoms with E-state index >= 15 is 0 Å². The van der Waals surface area contributed by atoms with E-state index in [-0.39, 0.29) is 16.1 Å². The third kappa shape index (κ3) is 4.38. The number of hydrogen-bond acceptors (Lipinski definition) is 7. The Balaban J connectivity index is 1.62. The maximum Gasteiger partial charge on any atom is 0.301 e. The lowest BCUT2D eigenvalue weighted by Crippen LogP contribution is -2.13. The van der Waals surface area contributed by atoms with Crippen molar-refractivity contribution in [3.05, 3.63) is 75.5 Å². The SMILES string of the molecule is Cc1ccc(-c2csc(-n3[nH]c(C)c(N=Nc4ccc(S(N)(=O)=O)cc4)c3=O)n2)cc1. The maximum atomic E-state index is 12.8. The molecule has 4 rings (SSSR count). The summed E-state index contributed by atoms with van der Waals surface area (Å²) in [6, 6.07) is 13.6. The fourth-order valence-electron chi connectivity index (χ4n) is 2.82. The molecule has 0 saturated heterocycles. The molecule has 0 unspecified atom stereocenters. The number of rotatable bonds is 5. The van der Waals surface area contributed by atoms with Crippen LogP contribution >= 0.6 is 11.3 Å². The van der Waals surface area contributed by atoms with Crippen molar-refractivity contribution in [1.82, 2.24) is 14.8 Å². The normalized spacial score (nSPS) is 12.0. The zero-order valence-corrected chi connectivity index (χ0v) is 18.2. The summed E-state index contributed by atoms with van der Waals surface area (Å²) < 4.78 is 24.0. The lowest BCUT2D eigenvalue weighted by Gasteiger charge is -1.97. The van der Waals surface area contributed by atoms with E-state index in [0.29, 0.717) is 16.5 Å². The quantitative estimate of drug-likeness (QED) is 0.441. The average Bonchev–Trinajstić information content (AvgIpc) is 3.32. The van der Waals surface area contributed by atoms with Crippen LogP contribution in [-0.2, 0) is 10.0 Å². The van der Waals surface area contributed by atoms with Gasteiger partial charge in [-0.2, -0.15) is 9.80 Å². The first-order valence-electron chi connectivity index (χ1n) is 9.11. The molecule has 31 heavy (non-hydrogen) atoms. The summed E-state index contributed by atoms with van der Waals surface area (Å²) in [6.07, 6.45) is 0. The smallest absolute Gasteiger partial charge is 0.291 e. The zero-order chi connectivity index (χ0) is 22.2. The summed E-state index contributed by atoms with van der Waals surface area (Å²) in [6.45, 7) is 3.73. The fourth-order valence-corrected chi connectivity index (χ4v) is 4.13. The molecule has 0 bridgehead atoms. The minimum absolute atomic E-state index is 0.0280. The van der Waals surface area contributed by atoms with Crippen molar-refractivity contribution >= 4 is 32.7 Å². The molecule has 158 valence electrons. The van der Waals surface area contributed by atoms with Gasteiger partial charge in [-0.3, -0.25) is 9.89 Å². The summed E-state index contributed by atoms with van der Waals surface area (Å²) in [5, 5.41) is 18.5. The highest BCUT2D eigenvalue weighted by Crippen LogP contribution is 2.25. The van der Waals surface area contributed by atoms with Crippen LogP contribution in [0.4, 0.5) is 11.4 Å². The van der Waals surface area contributed by atoms with Crippen molar-refractivity contribution in [2.45, 2.75) is 18.7 Å². The van der Waals surface area contributed by atoms with Crippen molar-refractivity contribution in [3.8, 4) is 16.4 Å². The van der Waals surface area contributed by atoms with Gasteiger partial charge < -0.3 is 0 Å². The van der Waals surface area contributed by atoms with Gasteiger partial charge in [-0.15, -0.1) is 16.5 Å². The third-order valence-corrected chi connectivity index (χ3v) is 6.26. The Kier molecular flexibility index (Phi) is 5.39. The van der Waals surface area contributed by atoms with Gasteiger partial charge in [-0.1, -0.05) is 29.8 Å². The number of aryl methyl sites for hydroxylation is 2. The third-order valence-electron chi connectivity index (χ3n) is 4.50. The molecule has 0 spiro atoms. The van der Waals surface area contributed by atoms with Crippen molar-refractivity contribution in [2.75, 3.05) is 0 Å². The van der Waals surface area contributed by atoms with Gasteiger partial charge in [0.05, 0.1) is 22.0 Å². The Hall–Kier alpha value is -3.41. The minimum atomic E-state index is -3.78. The van der Waals surface area contributed by atoms with Crippen LogP contribution in [0.1, 0.15) is 11.3 Å². The van der Waals surface area contributed by atoms with E-state index in [4.69, 9.17) is 5.14 Å². The molecule has 9 nitrogen and oxygen atoms in total. The van der Waals surface area contributed by atoms with Crippen LogP contribution in [0.3, 0.4) is 0 Å². The molecule has 0 aliphatic rings. The number of H-pyrrole nitrogens is 1. The van der Waals surface area contributed by atoms with Crippen molar-refractivity contribution in [2.24, 2.45) is 15.4 Å². The summed E-state index contributed by atoms with van der Waals surface area (Å²) in [5.41, 5.74) is 3.57. The van der Waals surface area contributed by atoms with Crippen molar-refractivity contribution in [1.29, 1.82) is 0 Å². The van der Waals surface area contributed by atoms with E-state index in [1.165, 1.54) is 40.3 Å². The van der Waals surface area contributed by atoms with Gasteiger partial charge in [0, 0.05) is 10.9 Å². The Morgan fingerprint density at radius 1 is 1.03 bits per heavy atom. The first-order valence-corrected chi connectivity index (χ1v) is 11.5. The van der Waals surface area contributed by atoms with Gasteiger partial charge in [0.15, 0.2) is 5.69 Å². The predicted octanol–water partition coefficient (Wildman–Crippen LogP) is 3.97. The molecule has 4 aromatic rings. The van der Waals surface area contributed by atoms with Crippen molar-refractivity contribution in [3.63, 3.8) is 0 Å².